The van der Waals surface area contributed by atoms with E-state index in [9.17, 15) is 0 Å². The highest BCUT2D eigenvalue weighted by molar-refractivity contribution is 5.87. The van der Waals surface area contributed by atoms with Crippen molar-refractivity contribution < 1.29 is 4.42 Å². The van der Waals surface area contributed by atoms with E-state index in [4.69, 9.17) is 10.2 Å². The van der Waals surface area contributed by atoms with E-state index in [1.165, 1.54) is 0 Å². The Morgan fingerprint density at radius 2 is 2.18 bits per heavy atom. The van der Waals surface area contributed by atoms with Crippen LogP contribution in [0.3, 0.4) is 0 Å². The van der Waals surface area contributed by atoms with Gasteiger partial charge in [0.05, 0.1) is 16.9 Å². The summed E-state index contributed by atoms with van der Waals surface area (Å²) in [5.74, 6) is 0.559. The zero-order valence-electron chi connectivity index (χ0n) is 9.64. The van der Waals surface area contributed by atoms with Gasteiger partial charge in [-0.2, -0.15) is 5.10 Å². The van der Waals surface area contributed by atoms with E-state index >= 15 is 0 Å². The molecular weight excluding hydrogens is 216 g/mol. The molecule has 17 heavy (non-hydrogen) atoms. The summed E-state index contributed by atoms with van der Waals surface area (Å²) in [6.07, 6.45) is 1.89. The van der Waals surface area contributed by atoms with Crippen LogP contribution in [0.25, 0.3) is 22.6 Å². The largest absolute Gasteiger partial charge is 0.436 e. The fourth-order valence-electron chi connectivity index (χ4n) is 1.89. The molecule has 0 saturated carbocycles. The first kappa shape index (κ1) is 9.89. The molecule has 5 heteroatoms. The van der Waals surface area contributed by atoms with Crippen LogP contribution in [0.15, 0.2) is 28.8 Å². The number of aromatic nitrogens is 3. The highest BCUT2D eigenvalue weighted by Crippen LogP contribution is 2.28. The minimum Gasteiger partial charge on any atom is -0.436 e. The number of aryl methyl sites for hydroxylation is 2. The van der Waals surface area contributed by atoms with Gasteiger partial charge in [0.2, 0.25) is 5.89 Å². The van der Waals surface area contributed by atoms with E-state index in [0.29, 0.717) is 22.7 Å². The Balaban J connectivity index is 2.25. The molecule has 0 atom stereocenters. The molecule has 2 aromatic heterocycles. The third-order valence-corrected chi connectivity index (χ3v) is 2.69. The monoisotopic (exact) mass is 228 g/mol. The number of nitrogen functional groups attached to an aromatic ring is 1. The summed E-state index contributed by atoms with van der Waals surface area (Å²) in [6.45, 7) is 1.92. The van der Waals surface area contributed by atoms with Crippen molar-refractivity contribution in [3.63, 3.8) is 0 Å². The zero-order valence-corrected chi connectivity index (χ0v) is 9.64. The van der Waals surface area contributed by atoms with Gasteiger partial charge >= 0.3 is 0 Å². The first-order chi connectivity index (χ1) is 8.15. The summed E-state index contributed by atoms with van der Waals surface area (Å²) < 4.78 is 7.42. The second-order valence-corrected chi connectivity index (χ2v) is 4.01. The van der Waals surface area contributed by atoms with Crippen molar-refractivity contribution in [1.82, 2.24) is 14.8 Å². The number of oxazole rings is 1. The van der Waals surface area contributed by atoms with E-state index in [0.717, 1.165) is 11.3 Å². The van der Waals surface area contributed by atoms with Crippen LogP contribution in [0.5, 0.6) is 0 Å². The lowest BCUT2D eigenvalue weighted by molar-refractivity contribution is 0.619. The van der Waals surface area contributed by atoms with E-state index < -0.39 is 0 Å². The summed E-state index contributed by atoms with van der Waals surface area (Å²) in [5.41, 5.74) is 9.65. The van der Waals surface area contributed by atoms with Crippen LogP contribution in [0.4, 0.5) is 5.69 Å². The lowest BCUT2D eigenvalue weighted by Gasteiger charge is -1.89. The van der Waals surface area contributed by atoms with E-state index in [-0.39, 0.29) is 0 Å². The highest BCUT2D eigenvalue weighted by Gasteiger charge is 2.14. The molecule has 0 unspecified atom stereocenters. The zero-order chi connectivity index (χ0) is 12.0. The number of para-hydroxylation sites is 1. The number of anilines is 1. The molecule has 0 aliphatic heterocycles. The molecule has 0 fully saturated rings. The van der Waals surface area contributed by atoms with Crippen molar-refractivity contribution >= 4 is 16.8 Å². The lowest BCUT2D eigenvalue weighted by Crippen LogP contribution is -1.86. The van der Waals surface area contributed by atoms with Gasteiger partial charge in [-0.3, -0.25) is 4.68 Å². The third-order valence-electron chi connectivity index (χ3n) is 2.69. The van der Waals surface area contributed by atoms with Crippen LogP contribution >= 0.6 is 0 Å². The second-order valence-electron chi connectivity index (χ2n) is 4.01. The molecule has 5 nitrogen and oxygen atoms in total. The number of hydrogen-bond donors (Lipinski definition) is 1. The van der Waals surface area contributed by atoms with Crippen molar-refractivity contribution in [1.29, 1.82) is 0 Å². The third kappa shape index (κ3) is 1.47. The number of nitrogens with two attached hydrogens (primary N) is 1. The summed E-state index contributed by atoms with van der Waals surface area (Å²) in [6, 6.07) is 5.52. The second kappa shape index (κ2) is 3.35. The molecule has 2 heterocycles. The molecule has 86 valence electrons. The minimum absolute atomic E-state index is 0.559. The number of fused-ring (bicyclic) bond motifs is 1. The smallest absolute Gasteiger partial charge is 0.230 e. The molecule has 0 amide bonds. The summed E-state index contributed by atoms with van der Waals surface area (Å²) in [7, 11) is 1.87. The van der Waals surface area contributed by atoms with Crippen LogP contribution in [-0.4, -0.2) is 14.8 Å². The van der Waals surface area contributed by atoms with E-state index in [1.807, 2.05) is 38.4 Å². The molecule has 1 aromatic carbocycles. The van der Waals surface area contributed by atoms with E-state index in [2.05, 4.69) is 10.1 Å². The van der Waals surface area contributed by atoms with Crippen molar-refractivity contribution in [3.8, 4) is 11.5 Å². The first-order valence-electron chi connectivity index (χ1n) is 5.31. The van der Waals surface area contributed by atoms with Gasteiger partial charge in [0, 0.05) is 13.2 Å². The van der Waals surface area contributed by atoms with Gasteiger partial charge in [-0.1, -0.05) is 6.07 Å². The van der Waals surface area contributed by atoms with Crippen LogP contribution in [0.1, 0.15) is 5.69 Å². The van der Waals surface area contributed by atoms with E-state index in [1.54, 1.807) is 4.68 Å². The average Bonchev–Trinajstić information content (AvgIpc) is 2.82. The Bertz CT molecular complexity index is 696. The van der Waals surface area contributed by atoms with Gasteiger partial charge in [-0.25, -0.2) is 4.98 Å². The number of benzene rings is 1. The topological polar surface area (TPSA) is 69.9 Å². The molecular formula is C12H12N4O. The molecule has 0 spiro atoms. The molecule has 0 bridgehead atoms. The van der Waals surface area contributed by atoms with Crippen molar-refractivity contribution in [2.45, 2.75) is 6.92 Å². The van der Waals surface area contributed by atoms with Crippen LogP contribution in [0, 0.1) is 6.92 Å². The lowest BCUT2D eigenvalue weighted by atomic mass is 10.2. The molecule has 0 aliphatic rings. The first-order valence-corrected chi connectivity index (χ1v) is 5.31. The Labute approximate surface area is 97.9 Å². The van der Waals surface area contributed by atoms with Gasteiger partial charge in [0.1, 0.15) is 5.52 Å². The van der Waals surface area contributed by atoms with Crippen LogP contribution in [-0.2, 0) is 7.05 Å². The van der Waals surface area contributed by atoms with Gasteiger partial charge in [0.15, 0.2) is 5.58 Å². The summed E-state index contributed by atoms with van der Waals surface area (Å²) in [4.78, 5) is 4.41. The Morgan fingerprint density at radius 1 is 1.35 bits per heavy atom. The Kier molecular flexibility index (Phi) is 1.95. The van der Waals surface area contributed by atoms with Gasteiger partial charge in [-0.15, -0.1) is 0 Å². The van der Waals surface area contributed by atoms with Crippen LogP contribution in [0.2, 0.25) is 0 Å². The maximum Gasteiger partial charge on any atom is 0.230 e. The quantitative estimate of drug-likeness (QED) is 0.647. The molecule has 3 aromatic rings. The van der Waals surface area contributed by atoms with Crippen molar-refractivity contribution in [3.05, 3.63) is 30.1 Å². The number of rotatable bonds is 1. The van der Waals surface area contributed by atoms with Gasteiger partial charge < -0.3 is 10.2 Å². The predicted molar refractivity (Wildman–Crippen MR) is 65.4 cm³/mol. The van der Waals surface area contributed by atoms with Gasteiger partial charge in [-0.05, 0) is 19.1 Å². The fourth-order valence-corrected chi connectivity index (χ4v) is 1.89. The predicted octanol–water partition coefficient (Wildman–Crippen LogP) is 2.12. The van der Waals surface area contributed by atoms with Crippen LogP contribution < -0.4 is 5.73 Å². The highest BCUT2D eigenvalue weighted by atomic mass is 16.3. The maximum absolute atomic E-state index is 5.85. The molecule has 0 aliphatic carbocycles. The average molecular weight is 228 g/mol. The Morgan fingerprint density at radius 3 is 2.82 bits per heavy atom. The van der Waals surface area contributed by atoms with Crippen molar-refractivity contribution in [2.24, 2.45) is 7.05 Å². The molecule has 0 radical (unpaired) electrons. The van der Waals surface area contributed by atoms with Gasteiger partial charge in [0.25, 0.3) is 0 Å². The molecule has 0 saturated heterocycles. The van der Waals surface area contributed by atoms with Crippen molar-refractivity contribution in [2.75, 3.05) is 5.73 Å². The summed E-state index contributed by atoms with van der Waals surface area (Å²) >= 11 is 0. The molecule has 3 rings (SSSR count). The fraction of sp³-hybridized carbons (Fsp3) is 0.167. The maximum atomic E-state index is 5.85. The number of nitrogens with zero attached hydrogens (tertiary/aromatic N) is 3. The summed E-state index contributed by atoms with van der Waals surface area (Å²) in [5, 5.41) is 4.27. The Hall–Kier alpha value is -2.30. The minimum atomic E-state index is 0.559. The standard InChI is InChI=1S/C12H12N4O/c1-7-8(6-16(2)15-7)12-14-11-9(13)4-3-5-10(11)17-12/h3-6H,13H2,1-2H3. The normalized spacial score (nSPS) is 11.2. The molecule has 2 N–H and O–H groups in total. The number of hydrogen-bond acceptors (Lipinski definition) is 4. The SMILES string of the molecule is Cc1nn(C)cc1-c1nc2c(N)cccc2o1.